The molecule has 25 heavy (non-hydrogen) atoms. The molecule has 1 N–H and O–H groups in total. The molecule has 8 nitrogen and oxygen atoms in total. The molecule has 1 aromatic rings. The Bertz CT molecular complexity index is 713. The first-order chi connectivity index (χ1) is 11.9. The highest BCUT2D eigenvalue weighted by Crippen LogP contribution is 2.40. The largest absolute Gasteiger partial charge is 0.384 e. The number of nitrogens with zero attached hydrogens (tertiary/aromatic N) is 2. The molecule has 140 valence electrons. The van der Waals surface area contributed by atoms with Crippen LogP contribution in [0.15, 0.2) is 10.6 Å². The highest BCUT2D eigenvalue weighted by atomic mass is 32.2. The van der Waals surface area contributed by atoms with E-state index in [1.165, 1.54) is 11.4 Å². The Kier molecular flexibility index (Phi) is 5.45. The van der Waals surface area contributed by atoms with Crippen LogP contribution in [0.5, 0.6) is 0 Å². The van der Waals surface area contributed by atoms with Crippen molar-refractivity contribution in [1.82, 2.24) is 14.8 Å². The molecule has 0 aromatic carbocycles. The van der Waals surface area contributed by atoms with Crippen LogP contribution in [0, 0.1) is 0 Å². The molecule has 1 saturated carbocycles. The van der Waals surface area contributed by atoms with Gasteiger partial charge < -0.3 is 14.6 Å². The molecular weight excluding hydrogens is 346 g/mol. The number of sulfonamides is 1. The zero-order valence-corrected chi connectivity index (χ0v) is 15.4. The van der Waals surface area contributed by atoms with Gasteiger partial charge in [0, 0.05) is 37.7 Å². The van der Waals surface area contributed by atoms with E-state index in [4.69, 9.17) is 9.26 Å². The maximum Gasteiger partial charge on any atom is 0.273 e. The Hall–Kier alpha value is -1.45. The van der Waals surface area contributed by atoms with Crippen LogP contribution in [-0.2, 0) is 14.8 Å². The summed E-state index contributed by atoms with van der Waals surface area (Å²) >= 11 is 0. The van der Waals surface area contributed by atoms with E-state index in [9.17, 15) is 13.2 Å². The highest BCUT2D eigenvalue weighted by molar-refractivity contribution is 7.89. The fourth-order valence-electron chi connectivity index (χ4n) is 3.22. The molecule has 3 rings (SSSR count). The minimum atomic E-state index is -3.33. The summed E-state index contributed by atoms with van der Waals surface area (Å²) in [6.45, 7) is 2.44. The predicted octanol–water partition coefficient (Wildman–Crippen LogP) is 1.11. The van der Waals surface area contributed by atoms with Gasteiger partial charge in [-0.25, -0.2) is 8.42 Å². The average molecular weight is 371 g/mol. The Morgan fingerprint density at radius 1 is 1.44 bits per heavy atom. The molecular formula is C16H25N3O5S. The van der Waals surface area contributed by atoms with Crippen LogP contribution < -0.4 is 5.32 Å². The lowest BCUT2D eigenvalue weighted by molar-refractivity contribution is 0.0905. The van der Waals surface area contributed by atoms with E-state index >= 15 is 0 Å². The van der Waals surface area contributed by atoms with Crippen molar-refractivity contribution in [1.29, 1.82) is 0 Å². The van der Waals surface area contributed by atoms with Crippen molar-refractivity contribution in [3.63, 3.8) is 0 Å². The second-order valence-electron chi connectivity index (χ2n) is 6.85. The van der Waals surface area contributed by atoms with Crippen LogP contribution in [0.3, 0.4) is 0 Å². The van der Waals surface area contributed by atoms with Gasteiger partial charge in [0.25, 0.3) is 5.91 Å². The summed E-state index contributed by atoms with van der Waals surface area (Å²) in [6.07, 6.45) is 3.33. The third-order valence-corrected chi connectivity index (χ3v) is 6.73. The Labute approximate surface area is 147 Å². The van der Waals surface area contributed by atoms with E-state index in [0.29, 0.717) is 31.0 Å². The van der Waals surface area contributed by atoms with Crippen molar-refractivity contribution < 1.29 is 22.5 Å². The van der Waals surface area contributed by atoms with E-state index in [-0.39, 0.29) is 30.4 Å². The number of nitrogens with one attached hydrogen (secondary N) is 1. The number of ether oxygens (including phenoxy) is 1. The maximum atomic E-state index is 12.3. The number of piperidine rings is 1. The molecule has 2 aliphatic rings. The van der Waals surface area contributed by atoms with E-state index in [2.05, 4.69) is 10.5 Å². The molecule has 0 unspecified atom stereocenters. The predicted molar refractivity (Wildman–Crippen MR) is 90.8 cm³/mol. The second-order valence-corrected chi connectivity index (χ2v) is 8.89. The van der Waals surface area contributed by atoms with Gasteiger partial charge in [-0.05, 0) is 32.6 Å². The third-order valence-electron chi connectivity index (χ3n) is 4.79. The quantitative estimate of drug-likeness (QED) is 0.770. The van der Waals surface area contributed by atoms with Crippen LogP contribution in [0.25, 0.3) is 0 Å². The van der Waals surface area contributed by atoms with Crippen molar-refractivity contribution in [3.05, 3.63) is 17.5 Å². The number of hydrogen-bond acceptors (Lipinski definition) is 6. The molecule has 2 fully saturated rings. The number of hydrogen-bond donors (Lipinski definition) is 1. The summed E-state index contributed by atoms with van der Waals surface area (Å²) in [7, 11) is -1.84. The second kappa shape index (κ2) is 7.43. The fraction of sp³-hybridized carbons (Fsp3) is 0.750. The Morgan fingerprint density at radius 2 is 2.20 bits per heavy atom. The van der Waals surface area contributed by atoms with Crippen LogP contribution in [0.2, 0.25) is 0 Å². The fourth-order valence-corrected chi connectivity index (χ4v) is 4.85. The molecule has 1 amide bonds. The monoisotopic (exact) mass is 371 g/mol. The number of amides is 1. The zero-order valence-electron chi connectivity index (χ0n) is 14.6. The van der Waals surface area contributed by atoms with Gasteiger partial charge in [0.2, 0.25) is 10.0 Å². The summed E-state index contributed by atoms with van der Waals surface area (Å²) < 4.78 is 36.2. The molecule has 0 bridgehead atoms. The normalized spacial score (nSPS) is 25.0. The number of carbonyl (C=O) groups is 1. The van der Waals surface area contributed by atoms with Gasteiger partial charge in [-0.3, -0.25) is 4.79 Å². The summed E-state index contributed by atoms with van der Waals surface area (Å²) in [4.78, 5) is 12.3. The summed E-state index contributed by atoms with van der Waals surface area (Å²) in [5, 5.41) is 6.79. The van der Waals surface area contributed by atoms with Gasteiger partial charge in [0.05, 0.1) is 12.4 Å². The maximum absolute atomic E-state index is 12.3. The summed E-state index contributed by atoms with van der Waals surface area (Å²) in [6, 6.07) is 1.47. The van der Waals surface area contributed by atoms with E-state index in [1.807, 2.05) is 6.92 Å². The Morgan fingerprint density at radius 3 is 2.84 bits per heavy atom. The first-order valence-electron chi connectivity index (χ1n) is 8.66. The first kappa shape index (κ1) is 18.3. The molecule has 0 spiro atoms. The van der Waals surface area contributed by atoms with Crippen molar-refractivity contribution in [2.24, 2.45) is 0 Å². The molecule has 2 heterocycles. The van der Waals surface area contributed by atoms with E-state index < -0.39 is 10.0 Å². The van der Waals surface area contributed by atoms with Crippen molar-refractivity contribution >= 4 is 15.9 Å². The summed E-state index contributed by atoms with van der Waals surface area (Å²) in [5.41, 5.74) is 0.296. The van der Waals surface area contributed by atoms with Gasteiger partial charge in [-0.1, -0.05) is 5.16 Å². The van der Waals surface area contributed by atoms with Crippen LogP contribution in [0.4, 0.5) is 0 Å². The van der Waals surface area contributed by atoms with Gasteiger partial charge in [-0.2, -0.15) is 4.31 Å². The van der Waals surface area contributed by atoms with Gasteiger partial charge >= 0.3 is 0 Å². The number of rotatable bonds is 7. The third kappa shape index (κ3) is 4.39. The van der Waals surface area contributed by atoms with Crippen LogP contribution >= 0.6 is 0 Å². The molecule has 1 saturated heterocycles. The van der Waals surface area contributed by atoms with E-state index in [1.54, 1.807) is 6.07 Å². The minimum absolute atomic E-state index is 0.0201. The molecule has 1 aromatic heterocycles. The molecule has 1 aliphatic carbocycles. The molecule has 1 aliphatic heterocycles. The van der Waals surface area contributed by atoms with Crippen LogP contribution in [0.1, 0.15) is 54.8 Å². The lowest BCUT2D eigenvalue weighted by Crippen LogP contribution is -2.51. The van der Waals surface area contributed by atoms with Crippen molar-refractivity contribution in [2.75, 3.05) is 26.0 Å². The number of aromatic nitrogens is 1. The van der Waals surface area contributed by atoms with Gasteiger partial charge in [0.1, 0.15) is 5.76 Å². The smallest absolute Gasteiger partial charge is 0.273 e. The average Bonchev–Trinajstić information content (AvgIpc) is 3.29. The SMILES string of the molecule is COCCS(=O)(=O)N1CC[C@H](NC(=O)c2cc(C3CC3)on2)C[C@H]1C. The van der Waals surface area contributed by atoms with Gasteiger partial charge in [-0.15, -0.1) is 0 Å². The number of carbonyl (C=O) groups excluding carboxylic acids is 1. The molecule has 9 heteroatoms. The number of methoxy groups -OCH3 is 1. The van der Waals surface area contributed by atoms with Gasteiger partial charge in [0.15, 0.2) is 5.69 Å². The zero-order chi connectivity index (χ0) is 18.0. The lowest BCUT2D eigenvalue weighted by atomic mass is 10.0. The topological polar surface area (TPSA) is 102 Å². The van der Waals surface area contributed by atoms with Crippen molar-refractivity contribution in [3.8, 4) is 0 Å². The standard InChI is InChI=1S/C16H25N3O5S/c1-11-9-13(5-6-19(11)25(21,22)8-7-23-2)17-16(20)14-10-15(24-18-14)12-3-4-12/h10-13H,3-9H2,1-2H3,(H,17,20)/t11-,13+/m1/s1. The van der Waals surface area contributed by atoms with E-state index in [0.717, 1.165) is 18.6 Å². The van der Waals surface area contributed by atoms with Crippen molar-refractivity contribution in [2.45, 2.75) is 50.6 Å². The highest BCUT2D eigenvalue weighted by Gasteiger charge is 2.34. The first-order valence-corrected chi connectivity index (χ1v) is 10.3. The lowest BCUT2D eigenvalue weighted by Gasteiger charge is -2.36. The molecule has 2 atom stereocenters. The Balaban J connectivity index is 1.54. The minimum Gasteiger partial charge on any atom is -0.384 e. The summed E-state index contributed by atoms with van der Waals surface area (Å²) in [5.74, 6) is 0.907. The molecule has 0 radical (unpaired) electrons. The van der Waals surface area contributed by atoms with Crippen LogP contribution in [-0.4, -0.2) is 61.9 Å².